The Bertz CT molecular complexity index is 864. The molecule has 0 radical (unpaired) electrons. The molecule has 0 saturated carbocycles. The second-order valence-electron chi connectivity index (χ2n) is 5.42. The lowest BCUT2D eigenvalue weighted by atomic mass is 10.3. The van der Waals surface area contributed by atoms with Crippen molar-refractivity contribution in [3.8, 4) is 0 Å². The minimum absolute atomic E-state index is 0.0000370. The molecule has 27 heavy (non-hydrogen) atoms. The molecule has 0 bridgehead atoms. The van der Waals surface area contributed by atoms with Crippen LogP contribution in [0.3, 0.4) is 0 Å². The molecule has 0 aliphatic heterocycles. The fourth-order valence-electron chi connectivity index (χ4n) is 1.94. The van der Waals surface area contributed by atoms with Crippen LogP contribution in [0.25, 0.3) is 0 Å². The van der Waals surface area contributed by atoms with Gasteiger partial charge in [0.05, 0.1) is 27.6 Å². The highest BCUT2D eigenvalue weighted by molar-refractivity contribution is 6.00. The van der Waals surface area contributed by atoms with E-state index in [0.29, 0.717) is 17.1 Å². The van der Waals surface area contributed by atoms with E-state index < -0.39 is 9.85 Å². The first-order chi connectivity index (χ1) is 12.8. The quantitative estimate of drug-likeness (QED) is 0.366. The van der Waals surface area contributed by atoms with Crippen LogP contribution >= 0.6 is 0 Å². The van der Waals surface area contributed by atoms with Gasteiger partial charge in [-0.3, -0.25) is 41.3 Å². The summed E-state index contributed by atoms with van der Waals surface area (Å²) in [6, 6.07) is 11.3. The highest BCUT2D eigenvalue weighted by Crippen LogP contribution is 2.16. The molecule has 3 N–H and O–H groups in total. The Labute approximate surface area is 153 Å². The van der Waals surface area contributed by atoms with Gasteiger partial charge in [0.2, 0.25) is 5.91 Å². The molecule has 2 aromatic carbocycles. The number of nitro benzene ring substituents is 2. The van der Waals surface area contributed by atoms with Crippen LogP contribution in [0, 0.1) is 20.2 Å². The molecule has 1 amide bonds. The summed E-state index contributed by atoms with van der Waals surface area (Å²) in [5, 5.41) is 25.2. The van der Waals surface area contributed by atoms with Gasteiger partial charge in [-0.1, -0.05) is 0 Å². The number of hydrazone groups is 1. The van der Waals surface area contributed by atoms with Crippen LogP contribution in [0.5, 0.6) is 0 Å². The number of carbonyl (C=O) groups excluding carboxylic acids is 1. The van der Waals surface area contributed by atoms with Gasteiger partial charge in [0.25, 0.3) is 11.4 Å². The molecule has 11 heteroatoms. The average molecular weight is 372 g/mol. The fraction of sp³-hybridized carbons (Fsp3) is 0.125. The lowest BCUT2D eigenvalue weighted by Gasteiger charge is -2.08. The molecule has 0 heterocycles. The number of nitrogens with zero attached hydrogens (tertiary/aromatic N) is 3. The van der Waals surface area contributed by atoms with E-state index in [1.807, 2.05) is 0 Å². The lowest BCUT2D eigenvalue weighted by molar-refractivity contribution is -0.385. The smallest absolute Gasteiger partial charge is 0.269 e. The number of hydrazine groups is 1. The molecule has 0 aliphatic rings. The number of carbonyl (C=O) groups is 1. The average Bonchev–Trinajstić information content (AvgIpc) is 2.65. The maximum Gasteiger partial charge on any atom is 0.269 e. The summed E-state index contributed by atoms with van der Waals surface area (Å²) in [4.78, 5) is 32.0. The molecule has 2 rings (SSSR count). The van der Waals surface area contributed by atoms with Gasteiger partial charge in [0, 0.05) is 30.0 Å². The van der Waals surface area contributed by atoms with Gasteiger partial charge in [-0.2, -0.15) is 5.10 Å². The third kappa shape index (κ3) is 6.08. The topological polar surface area (TPSA) is 152 Å². The van der Waals surface area contributed by atoms with E-state index in [1.54, 1.807) is 6.92 Å². The zero-order valence-corrected chi connectivity index (χ0v) is 14.2. The van der Waals surface area contributed by atoms with Crippen molar-refractivity contribution in [1.29, 1.82) is 0 Å². The normalized spacial score (nSPS) is 10.8. The van der Waals surface area contributed by atoms with Crippen LogP contribution in [-0.2, 0) is 4.79 Å². The van der Waals surface area contributed by atoms with Crippen LogP contribution < -0.4 is 16.3 Å². The predicted molar refractivity (Wildman–Crippen MR) is 99.3 cm³/mol. The van der Waals surface area contributed by atoms with Crippen molar-refractivity contribution in [1.82, 2.24) is 5.43 Å². The molecule has 0 unspecified atom stereocenters. The van der Waals surface area contributed by atoms with Crippen LogP contribution in [0.4, 0.5) is 22.7 Å². The summed E-state index contributed by atoms with van der Waals surface area (Å²) >= 11 is 0. The Hall–Kier alpha value is -4.02. The molecule has 0 aliphatic carbocycles. The van der Waals surface area contributed by atoms with Gasteiger partial charge in [-0.05, 0) is 31.2 Å². The SMILES string of the molecule is C/C(CC(=O)NNc1ccc([N+](=O)[O-])cc1)=N\Nc1ccc([N+](=O)[O-])cc1. The van der Waals surface area contributed by atoms with Gasteiger partial charge in [0.15, 0.2) is 0 Å². The molecule has 0 saturated heterocycles. The highest BCUT2D eigenvalue weighted by atomic mass is 16.6. The second kappa shape index (κ2) is 8.89. The van der Waals surface area contributed by atoms with E-state index in [2.05, 4.69) is 21.4 Å². The number of amides is 1. The second-order valence-corrected chi connectivity index (χ2v) is 5.42. The summed E-state index contributed by atoms with van der Waals surface area (Å²) in [5.74, 6) is -0.361. The van der Waals surface area contributed by atoms with E-state index in [9.17, 15) is 25.0 Å². The number of nitro groups is 2. The van der Waals surface area contributed by atoms with Crippen molar-refractivity contribution < 1.29 is 14.6 Å². The van der Waals surface area contributed by atoms with Crippen molar-refractivity contribution in [2.24, 2.45) is 5.10 Å². The lowest BCUT2D eigenvalue weighted by Crippen LogP contribution is -2.30. The van der Waals surface area contributed by atoms with Crippen molar-refractivity contribution in [2.75, 3.05) is 10.9 Å². The van der Waals surface area contributed by atoms with E-state index in [4.69, 9.17) is 0 Å². The van der Waals surface area contributed by atoms with Crippen molar-refractivity contribution in [3.63, 3.8) is 0 Å². The molecule has 0 spiro atoms. The number of benzene rings is 2. The summed E-state index contributed by atoms with van der Waals surface area (Å²) in [6.45, 7) is 1.64. The van der Waals surface area contributed by atoms with Gasteiger partial charge in [0.1, 0.15) is 0 Å². The molecule has 0 aromatic heterocycles. The van der Waals surface area contributed by atoms with Crippen LogP contribution in [0.1, 0.15) is 13.3 Å². The Morgan fingerprint density at radius 3 is 1.89 bits per heavy atom. The minimum Gasteiger partial charge on any atom is -0.299 e. The summed E-state index contributed by atoms with van der Waals surface area (Å²) in [5.41, 5.74) is 9.25. The number of nitrogens with one attached hydrogen (secondary N) is 3. The van der Waals surface area contributed by atoms with E-state index in [0.717, 1.165) is 0 Å². The first-order valence-corrected chi connectivity index (χ1v) is 7.68. The third-order valence-electron chi connectivity index (χ3n) is 3.29. The van der Waals surface area contributed by atoms with Gasteiger partial charge in [-0.25, -0.2) is 0 Å². The van der Waals surface area contributed by atoms with Crippen molar-refractivity contribution in [3.05, 3.63) is 68.8 Å². The summed E-state index contributed by atoms with van der Waals surface area (Å²) in [6.07, 6.45) is -0.0000370. The maximum absolute atomic E-state index is 11.9. The van der Waals surface area contributed by atoms with Gasteiger partial charge >= 0.3 is 0 Å². The van der Waals surface area contributed by atoms with E-state index in [1.165, 1.54) is 48.5 Å². The van der Waals surface area contributed by atoms with E-state index >= 15 is 0 Å². The van der Waals surface area contributed by atoms with E-state index in [-0.39, 0.29) is 23.7 Å². The highest BCUT2D eigenvalue weighted by Gasteiger charge is 2.07. The Morgan fingerprint density at radius 2 is 1.41 bits per heavy atom. The number of hydrogen-bond acceptors (Lipinski definition) is 8. The number of non-ortho nitro benzene ring substituents is 2. The van der Waals surface area contributed by atoms with Crippen LogP contribution in [-0.4, -0.2) is 21.5 Å². The first kappa shape index (κ1) is 19.3. The first-order valence-electron chi connectivity index (χ1n) is 7.68. The molecule has 11 nitrogen and oxygen atoms in total. The zero-order valence-electron chi connectivity index (χ0n) is 14.2. The van der Waals surface area contributed by atoms with Crippen molar-refractivity contribution in [2.45, 2.75) is 13.3 Å². The standard InChI is InChI=1S/C16H16N6O5/c1-11(17-18-12-2-6-14(7-3-12)21(24)25)10-16(23)20-19-13-4-8-15(9-5-13)22(26)27/h2-9,18-19H,10H2,1H3,(H,20,23)/b17-11+. The predicted octanol–water partition coefficient (Wildman–Crippen LogP) is 2.82. The Balaban J connectivity index is 1.81. The zero-order chi connectivity index (χ0) is 19.8. The Kier molecular flexibility index (Phi) is 6.36. The maximum atomic E-state index is 11.9. The third-order valence-corrected chi connectivity index (χ3v) is 3.29. The fourth-order valence-corrected chi connectivity index (χ4v) is 1.94. The van der Waals surface area contributed by atoms with Crippen LogP contribution in [0.15, 0.2) is 53.6 Å². The van der Waals surface area contributed by atoms with Crippen LogP contribution in [0.2, 0.25) is 0 Å². The molecular formula is C16H16N6O5. The number of hydrogen-bond donors (Lipinski definition) is 3. The van der Waals surface area contributed by atoms with Gasteiger partial charge in [-0.15, -0.1) is 0 Å². The number of rotatable bonds is 8. The van der Waals surface area contributed by atoms with Gasteiger partial charge < -0.3 is 0 Å². The number of anilines is 2. The molecule has 140 valence electrons. The monoisotopic (exact) mass is 372 g/mol. The Morgan fingerprint density at radius 1 is 0.926 bits per heavy atom. The largest absolute Gasteiger partial charge is 0.299 e. The summed E-state index contributed by atoms with van der Waals surface area (Å²) in [7, 11) is 0. The summed E-state index contributed by atoms with van der Waals surface area (Å²) < 4.78 is 0. The van der Waals surface area contributed by atoms with Crippen molar-refractivity contribution >= 4 is 34.4 Å². The molecule has 0 fully saturated rings. The minimum atomic E-state index is -0.514. The molecule has 2 aromatic rings. The molecular weight excluding hydrogens is 356 g/mol. The molecule has 0 atom stereocenters.